The molecule has 1 fully saturated rings. The molecule has 108 valence electrons. The quantitative estimate of drug-likeness (QED) is 0.890. The Morgan fingerprint density at radius 3 is 2.65 bits per heavy atom. The second-order valence-corrected chi connectivity index (χ2v) is 4.68. The average molecular weight is 287 g/mol. The molecule has 0 saturated heterocycles. The molecule has 1 aromatic carbocycles. The highest BCUT2D eigenvalue weighted by Crippen LogP contribution is 2.48. The maximum Gasteiger partial charge on any atom is 0.416 e. The zero-order valence-electron chi connectivity index (χ0n) is 10.3. The number of hydrogen-bond acceptors (Lipinski definition) is 2. The van der Waals surface area contributed by atoms with Crippen molar-refractivity contribution < 1.29 is 27.9 Å². The van der Waals surface area contributed by atoms with Crippen molar-refractivity contribution in [2.75, 3.05) is 6.54 Å². The molecule has 1 aromatic rings. The van der Waals surface area contributed by atoms with Gasteiger partial charge in [-0.15, -0.1) is 0 Å². The number of halogens is 3. The van der Waals surface area contributed by atoms with Crippen LogP contribution in [0, 0.1) is 5.92 Å². The number of carboxylic acid groups (broad SMARTS) is 1. The Morgan fingerprint density at radius 2 is 2.05 bits per heavy atom. The molecule has 0 spiro atoms. The first-order valence-corrected chi connectivity index (χ1v) is 5.95. The molecule has 1 amide bonds. The van der Waals surface area contributed by atoms with Crippen molar-refractivity contribution in [2.24, 2.45) is 5.92 Å². The molecule has 1 aliphatic rings. The fourth-order valence-electron chi connectivity index (χ4n) is 2.09. The van der Waals surface area contributed by atoms with E-state index in [0.29, 0.717) is 12.0 Å². The van der Waals surface area contributed by atoms with Gasteiger partial charge in [0.25, 0.3) is 0 Å². The highest BCUT2D eigenvalue weighted by Gasteiger charge is 2.44. The zero-order chi connectivity index (χ0) is 14.9. The first-order chi connectivity index (χ1) is 9.29. The predicted molar refractivity (Wildman–Crippen MR) is 62.9 cm³/mol. The van der Waals surface area contributed by atoms with E-state index in [9.17, 15) is 22.8 Å². The Balaban J connectivity index is 2.01. The SMILES string of the molecule is O=C(O)CNC(=O)C1CC1c1cccc(C(F)(F)F)c1. The number of aliphatic carboxylic acids is 1. The number of nitrogens with one attached hydrogen (secondary N) is 1. The van der Waals surface area contributed by atoms with E-state index in [1.54, 1.807) is 6.07 Å². The molecule has 0 aromatic heterocycles. The first kappa shape index (κ1) is 14.4. The molecule has 7 heteroatoms. The van der Waals surface area contributed by atoms with Gasteiger partial charge >= 0.3 is 12.1 Å². The lowest BCUT2D eigenvalue weighted by atomic mass is 10.1. The van der Waals surface area contributed by atoms with Gasteiger partial charge in [-0.2, -0.15) is 13.2 Å². The van der Waals surface area contributed by atoms with E-state index in [4.69, 9.17) is 5.11 Å². The molecule has 2 rings (SSSR count). The third-order valence-corrected chi connectivity index (χ3v) is 3.18. The van der Waals surface area contributed by atoms with Gasteiger partial charge in [-0.05, 0) is 24.0 Å². The lowest BCUT2D eigenvalue weighted by molar-refractivity contribution is -0.138. The van der Waals surface area contributed by atoms with Gasteiger partial charge in [0.05, 0.1) is 5.56 Å². The van der Waals surface area contributed by atoms with Crippen LogP contribution in [0.2, 0.25) is 0 Å². The standard InChI is InChI=1S/C13H12F3NO3/c14-13(15,16)8-3-1-2-7(4-8)9-5-10(9)12(20)17-6-11(18)19/h1-4,9-10H,5-6H2,(H,17,20)(H,18,19). The number of carbonyl (C=O) groups is 2. The number of carboxylic acids is 1. The molecule has 2 N–H and O–H groups in total. The summed E-state index contributed by atoms with van der Waals surface area (Å²) in [6.45, 7) is -0.482. The number of carbonyl (C=O) groups excluding carboxylic acids is 1. The van der Waals surface area contributed by atoms with Crippen LogP contribution in [0.15, 0.2) is 24.3 Å². The Labute approximate surface area is 112 Å². The van der Waals surface area contributed by atoms with Crippen LogP contribution >= 0.6 is 0 Å². The fourth-order valence-corrected chi connectivity index (χ4v) is 2.09. The topological polar surface area (TPSA) is 66.4 Å². The van der Waals surface area contributed by atoms with Gasteiger partial charge in [-0.25, -0.2) is 0 Å². The number of benzene rings is 1. The summed E-state index contributed by atoms with van der Waals surface area (Å²) in [5.74, 6) is -2.31. The molecule has 20 heavy (non-hydrogen) atoms. The van der Waals surface area contributed by atoms with E-state index >= 15 is 0 Å². The van der Waals surface area contributed by atoms with Crippen LogP contribution in [0.1, 0.15) is 23.5 Å². The van der Waals surface area contributed by atoms with Gasteiger partial charge in [0, 0.05) is 5.92 Å². The predicted octanol–water partition coefficient (Wildman–Crippen LogP) is 2.01. The van der Waals surface area contributed by atoms with Crippen molar-refractivity contribution in [2.45, 2.75) is 18.5 Å². The van der Waals surface area contributed by atoms with E-state index < -0.39 is 36.1 Å². The van der Waals surface area contributed by atoms with Crippen LogP contribution in [0.4, 0.5) is 13.2 Å². The lowest BCUT2D eigenvalue weighted by Gasteiger charge is -2.08. The molecule has 4 nitrogen and oxygen atoms in total. The summed E-state index contributed by atoms with van der Waals surface area (Å²) < 4.78 is 37.7. The van der Waals surface area contributed by atoms with E-state index in [2.05, 4.69) is 5.32 Å². The van der Waals surface area contributed by atoms with Gasteiger partial charge in [0.15, 0.2) is 0 Å². The van der Waals surface area contributed by atoms with E-state index in [-0.39, 0.29) is 5.92 Å². The van der Waals surface area contributed by atoms with Gasteiger partial charge in [-0.1, -0.05) is 18.2 Å². The summed E-state index contributed by atoms with van der Waals surface area (Å²) in [4.78, 5) is 21.9. The smallest absolute Gasteiger partial charge is 0.416 e. The zero-order valence-corrected chi connectivity index (χ0v) is 10.3. The van der Waals surface area contributed by atoms with Gasteiger partial charge in [-0.3, -0.25) is 9.59 Å². The minimum atomic E-state index is -4.41. The van der Waals surface area contributed by atoms with Crippen LogP contribution in [0.3, 0.4) is 0 Å². The third-order valence-electron chi connectivity index (χ3n) is 3.18. The van der Waals surface area contributed by atoms with Crippen LogP contribution < -0.4 is 5.32 Å². The molecular weight excluding hydrogens is 275 g/mol. The van der Waals surface area contributed by atoms with E-state index in [1.807, 2.05) is 0 Å². The van der Waals surface area contributed by atoms with Gasteiger partial charge < -0.3 is 10.4 Å². The van der Waals surface area contributed by atoms with Crippen molar-refractivity contribution in [1.29, 1.82) is 0 Å². The van der Waals surface area contributed by atoms with Crippen molar-refractivity contribution in [1.82, 2.24) is 5.32 Å². The summed E-state index contributed by atoms with van der Waals surface area (Å²) in [5.41, 5.74) is -0.290. The Morgan fingerprint density at radius 1 is 1.35 bits per heavy atom. The lowest BCUT2D eigenvalue weighted by Crippen LogP contribution is -2.30. The maximum absolute atomic E-state index is 12.6. The summed E-state index contributed by atoms with van der Waals surface area (Å²) in [5, 5.41) is 10.7. The summed E-state index contributed by atoms with van der Waals surface area (Å²) >= 11 is 0. The second kappa shape index (κ2) is 5.15. The first-order valence-electron chi connectivity index (χ1n) is 5.95. The molecule has 1 saturated carbocycles. The summed E-state index contributed by atoms with van der Waals surface area (Å²) in [7, 11) is 0. The highest BCUT2D eigenvalue weighted by molar-refractivity contribution is 5.86. The Bertz CT molecular complexity index is 542. The molecule has 1 aliphatic carbocycles. The van der Waals surface area contributed by atoms with E-state index in [0.717, 1.165) is 12.1 Å². The van der Waals surface area contributed by atoms with Crippen LogP contribution in [-0.2, 0) is 15.8 Å². The van der Waals surface area contributed by atoms with Crippen molar-refractivity contribution in [3.63, 3.8) is 0 Å². The molecule has 2 atom stereocenters. The normalized spacial score (nSPS) is 21.4. The van der Waals surface area contributed by atoms with Crippen molar-refractivity contribution >= 4 is 11.9 Å². The van der Waals surface area contributed by atoms with Crippen LogP contribution in [0.5, 0.6) is 0 Å². The molecule has 2 unspecified atom stereocenters. The highest BCUT2D eigenvalue weighted by atomic mass is 19.4. The Hall–Kier alpha value is -2.05. The second-order valence-electron chi connectivity index (χ2n) is 4.68. The minimum absolute atomic E-state index is 0.272. The number of hydrogen-bond donors (Lipinski definition) is 2. The van der Waals surface area contributed by atoms with Gasteiger partial charge in [0.1, 0.15) is 6.54 Å². The minimum Gasteiger partial charge on any atom is -0.480 e. The molecular formula is C13H12F3NO3. The van der Waals surface area contributed by atoms with Crippen molar-refractivity contribution in [3.8, 4) is 0 Å². The molecule has 0 bridgehead atoms. The third kappa shape index (κ3) is 3.28. The Kier molecular flexibility index (Phi) is 3.69. The molecule has 0 radical (unpaired) electrons. The number of rotatable bonds is 4. The van der Waals surface area contributed by atoms with Crippen LogP contribution in [-0.4, -0.2) is 23.5 Å². The summed E-state index contributed by atoms with van der Waals surface area (Å²) in [6.07, 6.45) is -3.97. The van der Waals surface area contributed by atoms with Crippen molar-refractivity contribution in [3.05, 3.63) is 35.4 Å². The maximum atomic E-state index is 12.6. The largest absolute Gasteiger partial charge is 0.480 e. The van der Waals surface area contributed by atoms with E-state index in [1.165, 1.54) is 6.07 Å². The van der Waals surface area contributed by atoms with Gasteiger partial charge in [0.2, 0.25) is 5.91 Å². The fraction of sp³-hybridized carbons (Fsp3) is 0.385. The number of amides is 1. The average Bonchev–Trinajstić information content (AvgIpc) is 3.15. The molecule has 0 aliphatic heterocycles. The molecule has 0 heterocycles. The number of alkyl halides is 3. The van der Waals surface area contributed by atoms with Crippen LogP contribution in [0.25, 0.3) is 0 Å². The monoisotopic (exact) mass is 287 g/mol. The summed E-state index contributed by atoms with van der Waals surface area (Å²) in [6, 6.07) is 4.87.